The molecule has 2 aliphatic rings. The number of ether oxygens (including phenoxy) is 1. The zero-order valence-electron chi connectivity index (χ0n) is 9.74. The van der Waals surface area contributed by atoms with Gasteiger partial charge in [-0.05, 0) is 12.8 Å². The van der Waals surface area contributed by atoms with Crippen LogP contribution in [0.15, 0.2) is 0 Å². The van der Waals surface area contributed by atoms with Gasteiger partial charge >= 0.3 is 6.03 Å². The maximum Gasteiger partial charge on any atom is 0.317 e. The first-order valence-corrected chi connectivity index (χ1v) is 5.91. The summed E-state index contributed by atoms with van der Waals surface area (Å²) >= 11 is 0. The van der Waals surface area contributed by atoms with E-state index in [9.17, 15) is 9.90 Å². The molecule has 1 aliphatic heterocycles. The molecular weight excluding hydrogens is 208 g/mol. The van der Waals surface area contributed by atoms with Crippen molar-refractivity contribution in [3.05, 3.63) is 0 Å². The summed E-state index contributed by atoms with van der Waals surface area (Å²) in [5.41, 5.74) is -0.770. The van der Waals surface area contributed by atoms with E-state index in [2.05, 4.69) is 5.32 Å². The molecule has 16 heavy (non-hydrogen) atoms. The van der Waals surface area contributed by atoms with Gasteiger partial charge in [0.05, 0.1) is 12.1 Å². The third-order valence-electron chi connectivity index (χ3n) is 3.21. The lowest BCUT2D eigenvalue weighted by Gasteiger charge is -2.35. The van der Waals surface area contributed by atoms with Gasteiger partial charge in [0.2, 0.25) is 0 Å². The van der Waals surface area contributed by atoms with E-state index in [1.807, 2.05) is 0 Å². The van der Waals surface area contributed by atoms with Gasteiger partial charge in [-0.3, -0.25) is 0 Å². The van der Waals surface area contributed by atoms with Crippen molar-refractivity contribution >= 4 is 6.03 Å². The number of nitrogens with one attached hydrogen (secondary N) is 1. The van der Waals surface area contributed by atoms with Crippen LogP contribution >= 0.6 is 0 Å². The third kappa shape index (κ3) is 3.09. The lowest BCUT2D eigenvalue weighted by atomic mass is 9.94. The van der Waals surface area contributed by atoms with Crippen LogP contribution < -0.4 is 5.32 Å². The van der Waals surface area contributed by atoms with E-state index in [1.54, 1.807) is 11.9 Å². The molecule has 92 valence electrons. The van der Waals surface area contributed by atoms with E-state index in [0.29, 0.717) is 38.6 Å². The summed E-state index contributed by atoms with van der Waals surface area (Å²) in [4.78, 5) is 13.3. The van der Waals surface area contributed by atoms with Gasteiger partial charge < -0.3 is 20.1 Å². The van der Waals surface area contributed by atoms with Crippen LogP contribution in [-0.2, 0) is 4.74 Å². The number of carbonyl (C=O) groups excluding carboxylic acids is 1. The van der Waals surface area contributed by atoms with Crippen LogP contribution in [0.4, 0.5) is 4.79 Å². The van der Waals surface area contributed by atoms with Crippen molar-refractivity contribution in [2.75, 3.05) is 26.8 Å². The Morgan fingerprint density at radius 3 is 2.69 bits per heavy atom. The lowest BCUT2D eigenvalue weighted by molar-refractivity contribution is -0.0722. The standard InChI is InChI=1S/C11H20N2O3/c1-13(10(14)12-9-2-3-9)8-11(15)4-6-16-7-5-11/h9,15H,2-8H2,1H3,(H,12,14). The molecule has 0 unspecified atom stereocenters. The molecule has 2 N–H and O–H groups in total. The van der Waals surface area contributed by atoms with Gasteiger partial charge in [-0.25, -0.2) is 4.79 Å². The Balaban J connectivity index is 1.79. The Labute approximate surface area is 95.8 Å². The number of likely N-dealkylation sites (N-methyl/N-ethyl adjacent to an activating group) is 1. The topological polar surface area (TPSA) is 61.8 Å². The average Bonchev–Trinajstić information content (AvgIpc) is 3.02. The molecular formula is C11H20N2O3. The largest absolute Gasteiger partial charge is 0.388 e. The molecule has 5 heteroatoms. The third-order valence-corrected chi connectivity index (χ3v) is 3.21. The normalized spacial score (nSPS) is 23.9. The highest BCUT2D eigenvalue weighted by atomic mass is 16.5. The fourth-order valence-corrected chi connectivity index (χ4v) is 1.94. The molecule has 0 aromatic heterocycles. The number of aliphatic hydroxyl groups is 1. The van der Waals surface area contributed by atoms with Crippen LogP contribution in [0, 0.1) is 0 Å². The Morgan fingerprint density at radius 2 is 2.12 bits per heavy atom. The van der Waals surface area contributed by atoms with Crippen molar-refractivity contribution in [3.8, 4) is 0 Å². The van der Waals surface area contributed by atoms with Gasteiger partial charge in [0, 0.05) is 39.1 Å². The highest BCUT2D eigenvalue weighted by Crippen LogP contribution is 2.22. The summed E-state index contributed by atoms with van der Waals surface area (Å²) in [5, 5.41) is 13.1. The fraction of sp³-hybridized carbons (Fsp3) is 0.909. The summed E-state index contributed by atoms with van der Waals surface area (Å²) in [5.74, 6) is 0. The van der Waals surface area contributed by atoms with Gasteiger partial charge in [-0.15, -0.1) is 0 Å². The van der Waals surface area contributed by atoms with Crippen molar-refractivity contribution in [1.82, 2.24) is 10.2 Å². The van der Waals surface area contributed by atoms with Crippen molar-refractivity contribution < 1.29 is 14.6 Å². The zero-order chi connectivity index (χ0) is 11.6. The first-order valence-electron chi connectivity index (χ1n) is 5.91. The van der Waals surface area contributed by atoms with E-state index in [4.69, 9.17) is 4.74 Å². The summed E-state index contributed by atoms with van der Waals surface area (Å²) in [6.07, 6.45) is 3.37. The van der Waals surface area contributed by atoms with Crippen LogP contribution in [0.25, 0.3) is 0 Å². The van der Waals surface area contributed by atoms with Crippen molar-refractivity contribution in [2.45, 2.75) is 37.3 Å². The SMILES string of the molecule is CN(CC1(O)CCOCC1)C(=O)NC1CC1. The van der Waals surface area contributed by atoms with E-state index < -0.39 is 5.60 Å². The first kappa shape index (κ1) is 11.7. The number of amides is 2. The molecule has 2 rings (SSSR count). The quantitative estimate of drug-likeness (QED) is 0.732. The molecule has 1 saturated heterocycles. The fourth-order valence-electron chi connectivity index (χ4n) is 1.94. The van der Waals surface area contributed by atoms with Crippen molar-refractivity contribution in [1.29, 1.82) is 0 Å². The van der Waals surface area contributed by atoms with Gasteiger partial charge in [0.25, 0.3) is 0 Å². The number of hydrogen-bond acceptors (Lipinski definition) is 3. The number of hydrogen-bond donors (Lipinski definition) is 2. The Morgan fingerprint density at radius 1 is 1.50 bits per heavy atom. The highest BCUT2D eigenvalue weighted by Gasteiger charge is 2.33. The molecule has 0 spiro atoms. The molecule has 0 atom stereocenters. The maximum absolute atomic E-state index is 11.7. The second-order valence-electron chi connectivity index (χ2n) is 4.92. The molecule has 0 aromatic rings. The first-order chi connectivity index (χ1) is 7.59. The summed E-state index contributed by atoms with van der Waals surface area (Å²) in [7, 11) is 1.73. The smallest absolute Gasteiger partial charge is 0.317 e. The second-order valence-corrected chi connectivity index (χ2v) is 4.92. The maximum atomic E-state index is 11.7. The van der Waals surface area contributed by atoms with E-state index >= 15 is 0 Å². The van der Waals surface area contributed by atoms with E-state index in [0.717, 1.165) is 12.8 Å². The number of carbonyl (C=O) groups is 1. The number of rotatable bonds is 3. The van der Waals surface area contributed by atoms with E-state index in [-0.39, 0.29) is 6.03 Å². The minimum atomic E-state index is -0.770. The van der Waals surface area contributed by atoms with Gasteiger partial charge in [-0.1, -0.05) is 0 Å². The molecule has 5 nitrogen and oxygen atoms in total. The Kier molecular flexibility index (Phi) is 3.35. The molecule has 2 fully saturated rings. The molecule has 1 saturated carbocycles. The molecule has 0 bridgehead atoms. The monoisotopic (exact) mass is 228 g/mol. The summed E-state index contributed by atoms with van der Waals surface area (Å²) in [6, 6.07) is 0.279. The number of urea groups is 1. The lowest BCUT2D eigenvalue weighted by Crippen LogP contribution is -2.50. The van der Waals surface area contributed by atoms with Gasteiger partial charge in [0.15, 0.2) is 0 Å². The van der Waals surface area contributed by atoms with Crippen molar-refractivity contribution in [3.63, 3.8) is 0 Å². The second kappa shape index (κ2) is 4.59. The summed E-state index contributed by atoms with van der Waals surface area (Å²) < 4.78 is 5.20. The predicted octanol–water partition coefficient (Wildman–Crippen LogP) is 0.332. The molecule has 2 amide bonds. The minimum absolute atomic E-state index is 0.0811. The zero-order valence-corrected chi connectivity index (χ0v) is 9.74. The van der Waals surface area contributed by atoms with Gasteiger partial charge in [-0.2, -0.15) is 0 Å². The van der Waals surface area contributed by atoms with Crippen LogP contribution in [0.3, 0.4) is 0 Å². The van der Waals surface area contributed by atoms with Crippen LogP contribution in [-0.4, -0.2) is 54.5 Å². The minimum Gasteiger partial charge on any atom is -0.388 e. The number of nitrogens with zero attached hydrogens (tertiary/aromatic N) is 1. The van der Waals surface area contributed by atoms with Crippen molar-refractivity contribution in [2.24, 2.45) is 0 Å². The Hall–Kier alpha value is -0.810. The molecule has 1 aliphatic carbocycles. The van der Waals surface area contributed by atoms with Crippen LogP contribution in [0.2, 0.25) is 0 Å². The predicted molar refractivity (Wildman–Crippen MR) is 59.2 cm³/mol. The molecule has 1 heterocycles. The summed E-state index contributed by atoms with van der Waals surface area (Å²) in [6.45, 7) is 1.54. The van der Waals surface area contributed by atoms with Crippen LogP contribution in [0.5, 0.6) is 0 Å². The van der Waals surface area contributed by atoms with Crippen LogP contribution in [0.1, 0.15) is 25.7 Å². The Bertz CT molecular complexity index is 260. The van der Waals surface area contributed by atoms with Gasteiger partial charge in [0.1, 0.15) is 0 Å². The van der Waals surface area contributed by atoms with E-state index in [1.165, 1.54) is 0 Å². The highest BCUT2D eigenvalue weighted by molar-refractivity contribution is 5.74. The average molecular weight is 228 g/mol. The molecule has 0 aromatic carbocycles. The molecule has 0 radical (unpaired) electrons.